The third-order valence-corrected chi connectivity index (χ3v) is 5.85. The molecule has 28 heavy (non-hydrogen) atoms. The van der Waals surface area contributed by atoms with Gasteiger partial charge in [-0.3, -0.25) is 10.1 Å². The molecule has 9 nitrogen and oxygen atoms in total. The van der Waals surface area contributed by atoms with E-state index in [1.54, 1.807) is 0 Å². The summed E-state index contributed by atoms with van der Waals surface area (Å²) in [6.07, 6.45) is 0. The van der Waals surface area contributed by atoms with Gasteiger partial charge in [0.15, 0.2) is 11.5 Å². The fourth-order valence-corrected chi connectivity index (χ4v) is 4.28. The molecule has 0 radical (unpaired) electrons. The Hall–Kier alpha value is -2.27. The molecule has 152 valence electrons. The molecule has 0 spiro atoms. The summed E-state index contributed by atoms with van der Waals surface area (Å²) < 4.78 is 40.9. The van der Waals surface area contributed by atoms with Crippen molar-refractivity contribution in [2.75, 3.05) is 27.4 Å². The lowest BCUT2D eigenvalue weighted by atomic mass is 10.3. The minimum Gasteiger partial charge on any atom is -0.500 e. The van der Waals surface area contributed by atoms with E-state index in [-0.39, 0.29) is 39.7 Å². The van der Waals surface area contributed by atoms with E-state index in [9.17, 15) is 23.6 Å². The van der Waals surface area contributed by atoms with Crippen LogP contribution in [0.5, 0.6) is 17.2 Å². The molecule has 0 saturated heterocycles. The maximum absolute atomic E-state index is 12.9. The Balaban J connectivity index is 2.56. The summed E-state index contributed by atoms with van der Waals surface area (Å²) in [4.78, 5) is 9.39. The van der Waals surface area contributed by atoms with Crippen molar-refractivity contribution in [3.63, 3.8) is 0 Å². The van der Waals surface area contributed by atoms with Gasteiger partial charge in [0.25, 0.3) is 0 Å². The summed E-state index contributed by atoms with van der Waals surface area (Å²) in [5.74, 6) is -1.08. The summed E-state index contributed by atoms with van der Waals surface area (Å²) in [5.41, 5.74) is -0.824. The SMILES string of the molecule is COCCOc1c(Cl)cc(S(=O)(=O)c2cc(OC)c(O)c([N+](=O)[O-])c2)cc1Cl. The molecule has 2 rings (SSSR count). The molecule has 0 amide bonds. The Labute approximate surface area is 170 Å². The lowest BCUT2D eigenvalue weighted by Gasteiger charge is -2.13. The molecule has 0 heterocycles. The smallest absolute Gasteiger partial charge is 0.315 e. The van der Waals surface area contributed by atoms with Gasteiger partial charge in [0.2, 0.25) is 15.6 Å². The van der Waals surface area contributed by atoms with Crippen LogP contribution in [0.1, 0.15) is 0 Å². The van der Waals surface area contributed by atoms with Gasteiger partial charge in [0, 0.05) is 19.2 Å². The minimum atomic E-state index is -4.28. The van der Waals surface area contributed by atoms with E-state index in [0.29, 0.717) is 0 Å². The zero-order valence-corrected chi connectivity index (χ0v) is 17.0. The monoisotopic (exact) mass is 451 g/mol. The van der Waals surface area contributed by atoms with Crippen LogP contribution in [-0.4, -0.2) is 45.9 Å². The third-order valence-electron chi connectivity index (χ3n) is 3.57. The lowest BCUT2D eigenvalue weighted by molar-refractivity contribution is -0.386. The van der Waals surface area contributed by atoms with Crippen LogP contribution in [0, 0.1) is 10.1 Å². The Kier molecular flexibility index (Phi) is 6.94. The van der Waals surface area contributed by atoms with Gasteiger partial charge in [-0.15, -0.1) is 0 Å². The second-order valence-corrected chi connectivity index (χ2v) is 8.08. The number of aromatic hydroxyl groups is 1. The van der Waals surface area contributed by atoms with Crippen LogP contribution in [0.4, 0.5) is 5.69 Å². The number of hydrogen-bond donors (Lipinski definition) is 1. The van der Waals surface area contributed by atoms with Gasteiger partial charge in [0.05, 0.1) is 38.5 Å². The van der Waals surface area contributed by atoms with Crippen molar-refractivity contribution in [3.05, 3.63) is 44.4 Å². The van der Waals surface area contributed by atoms with Gasteiger partial charge < -0.3 is 19.3 Å². The van der Waals surface area contributed by atoms with E-state index < -0.39 is 31.1 Å². The first-order valence-electron chi connectivity index (χ1n) is 7.54. The van der Waals surface area contributed by atoms with Crippen LogP contribution in [-0.2, 0) is 14.6 Å². The van der Waals surface area contributed by atoms with Gasteiger partial charge in [-0.1, -0.05) is 23.2 Å². The average Bonchev–Trinajstić information content (AvgIpc) is 2.63. The van der Waals surface area contributed by atoms with Crippen molar-refractivity contribution in [3.8, 4) is 17.2 Å². The highest BCUT2D eigenvalue weighted by Crippen LogP contribution is 2.41. The highest BCUT2D eigenvalue weighted by atomic mass is 35.5. The summed E-state index contributed by atoms with van der Waals surface area (Å²) in [6, 6.07) is 3.90. The number of benzene rings is 2. The second kappa shape index (κ2) is 8.82. The first-order chi connectivity index (χ1) is 13.1. The summed E-state index contributed by atoms with van der Waals surface area (Å²) >= 11 is 12.2. The Morgan fingerprint density at radius 2 is 1.64 bits per heavy atom. The van der Waals surface area contributed by atoms with Gasteiger partial charge in [-0.05, 0) is 12.1 Å². The largest absolute Gasteiger partial charge is 0.500 e. The minimum absolute atomic E-state index is 0.0672. The molecular weight excluding hydrogens is 437 g/mol. The molecule has 12 heteroatoms. The quantitative estimate of drug-likeness (QED) is 0.367. The third kappa shape index (κ3) is 4.41. The molecule has 0 saturated carbocycles. The first-order valence-corrected chi connectivity index (χ1v) is 9.78. The van der Waals surface area contributed by atoms with Gasteiger partial charge in [0.1, 0.15) is 6.61 Å². The van der Waals surface area contributed by atoms with E-state index in [1.807, 2.05) is 0 Å². The Morgan fingerprint density at radius 3 is 2.14 bits per heavy atom. The van der Waals surface area contributed by atoms with Crippen LogP contribution in [0.3, 0.4) is 0 Å². The molecule has 0 atom stereocenters. The molecule has 2 aromatic carbocycles. The van der Waals surface area contributed by atoms with Crippen LogP contribution in [0.15, 0.2) is 34.1 Å². The topological polar surface area (TPSA) is 125 Å². The zero-order chi connectivity index (χ0) is 21.1. The van der Waals surface area contributed by atoms with Crippen LogP contribution < -0.4 is 9.47 Å². The molecule has 1 N–H and O–H groups in total. The molecule has 2 aromatic rings. The van der Waals surface area contributed by atoms with E-state index in [0.717, 1.165) is 31.4 Å². The number of methoxy groups -OCH3 is 2. The predicted octanol–water partition coefficient (Wildman–Crippen LogP) is 3.47. The fourth-order valence-electron chi connectivity index (χ4n) is 2.21. The van der Waals surface area contributed by atoms with Crippen LogP contribution in [0.25, 0.3) is 0 Å². The van der Waals surface area contributed by atoms with E-state index >= 15 is 0 Å². The van der Waals surface area contributed by atoms with Crippen molar-refractivity contribution in [1.29, 1.82) is 0 Å². The van der Waals surface area contributed by atoms with Gasteiger partial charge >= 0.3 is 5.69 Å². The number of hydrogen-bond acceptors (Lipinski definition) is 8. The molecule has 0 fully saturated rings. The number of nitrogens with zero attached hydrogens (tertiary/aromatic N) is 1. The van der Waals surface area contributed by atoms with E-state index in [4.69, 9.17) is 37.4 Å². The number of rotatable bonds is 8. The van der Waals surface area contributed by atoms with Crippen molar-refractivity contribution >= 4 is 38.7 Å². The molecule has 0 aromatic heterocycles. The standard InChI is InChI=1S/C16H15Cl2NO8S/c1-25-3-4-27-16-11(17)5-9(6-12(16)18)28(23,24)10-7-13(19(21)22)15(20)14(8-10)26-2/h5-8,20H,3-4H2,1-2H3. The number of sulfone groups is 1. The van der Waals surface area contributed by atoms with Crippen molar-refractivity contribution in [1.82, 2.24) is 0 Å². The predicted molar refractivity (Wildman–Crippen MR) is 101 cm³/mol. The molecule has 0 aliphatic rings. The number of phenols is 1. The summed E-state index contributed by atoms with van der Waals surface area (Å²) in [5, 5.41) is 20.8. The molecular formula is C16H15Cl2NO8S. The van der Waals surface area contributed by atoms with Crippen molar-refractivity contribution in [2.45, 2.75) is 9.79 Å². The number of nitro groups is 1. The maximum atomic E-state index is 12.9. The zero-order valence-electron chi connectivity index (χ0n) is 14.6. The Bertz CT molecular complexity index is 987. The van der Waals surface area contributed by atoms with E-state index in [1.165, 1.54) is 7.11 Å². The number of halogens is 2. The number of nitro benzene ring substituents is 1. The molecule has 0 unspecified atom stereocenters. The van der Waals surface area contributed by atoms with Crippen LogP contribution in [0.2, 0.25) is 10.0 Å². The fraction of sp³-hybridized carbons (Fsp3) is 0.250. The molecule has 0 aliphatic heterocycles. The van der Waals surface area contributed by atoms with Crippen molar-refractivity contribution < 1.29 is 32.7 Å². The normalized spacial score (nSPS) is 11.3. The highest BCUT2D eigenvalue weighted by Gasteiger charge is 2.28. The lowest BCUT2D eigenvalue weighted by Crippen LogP contribution is -2.07. The van der Waals surface area contributed by atoms with E-state index in [2.05, 4.69) is 0 Å². The Morgan fingerprint density at radius 1 is 1.07 bits per heavy atom. The summed E-state index contributed by atoms with van der Waals surface area (Å²) in [6.45, 7) is 0.410. The molecule has 0 bridgehead atoms. The average molecular weight is 452 g/mol. The number of phenolic OH excluding ortho intramolecular Hbond substituents is 1. The number of ether oxygens (including phenoxy) is 3. The second-order valence-electron chi connectivity index (χ2n) is 5.31. The van der Waals surface area contributed by atoms with Crippen molar-refractivity contribution in [2.24, 2.45) is 0 Å². The highest BCUT2D eigenvalue weighted by molar-refractivity contribution is 7.91. The molecule has 0 aliphatic carbocycles. The summed E-state index contributed by atoms with van der Waals surface area (Å²) in [7, 11) is -1.66. The maximum Gasteiger partial charge on any atom is 0.315 e. The first kappa shape index (κ1) is 22.0. The van der Waals surface area contributed by atoms with Gasteiger partial charge in [-0.2, -0.15) is 0 Å². The van der Waals surface area contributed by atoms with Crippen LogP contribution >= 0.6 is 23.2 Å². The van der Waals surface area contributed by atoms with Gasteiger partial charge in [-0.25, -0.2) is 8.42 Å².